The Morgan fingerprint density at radius 1 is 1.50 bits per heavy atom. The van der Waals surface area contributed by atoms with Crippen LogP contribution in [0.3, 0.4) is 0 Å². The van der Waals surface area contributed by atoms with Gasteiger partial charge in [-0.1, -0.05) is 25.5 Å². The Morgan fingerprint density at radius 2 is 2.21 bits per heavy atom. The van der Waals surface area contributed by atoms with Gasteiger partial charge >= 0.3 is 0 Å². The van der Waals surface area contributed by atoms with Gasteiger partial charge in [-0.3, -0.25) is 0 Å². The molecule has 0 aliphatic rings. The fraction of sp³-hybridized carbons (Fsp3) is 0.818. The Bertz CT molecular complexity index is 159. The smallest absolute Gasteiger partial charge is 0.235 e. The molecule has 0 heterocycles. The van der Waals surface area contributed by atoms with E-state index in [2.05, 4.69) is 31.8 Å². The van der Waals surface area contributed by atoms with E-state index in [1.807, 2.05) is 6.92 Å². The standard InChI is InChI=1S/C11H25NOSi/c1-5-10(3)11(4)8-7-9-12-14-13-6-2/h8,10,12H,5-7,9,14H2,1-4H3. The van der Waals surface area contributed by atoms with E-state index >= 15 is 0 Å². The highest BCUT2D eigenvalue weighted by atomic mass is 28.2. The van der Waals surface area contributed by atoms with E-state index in [0.29, 0.717) is 0 Å². The first-order valence-electron chi connectivity index (χ1n) is 5.67. The zero-order valence-electron chi connectivity index (χ0n) is 10.1. The highest BCUT2D eigenvalue weighted by molar-refractivity contribution is 6.23. The molecule has 0 bridgehead atoms. The Hall–Kier alpha value is -0.123. The Kier molecular flexibility index (Phi) is 9.35. The van der Waals surface area contributed by atoms with Crippen LogP contribution in [0, 0.1) is 5.92 Å². The van der Waals surface area contributed by atoms with Gasteiger partial charge in [0.2, 0.25) is 9.92 Å². The van der Waals surface area contributed by atoms with Gasteiger partial charge in [-0.05, 0) is 39.2 Å². The fourth-order valence-electron chi connectivity index (χ4n) is 1.17. The van der Waals surface area contributed by atoms with Gasteiger partial charge in [0.05, 0.1) is 0 Å². The predicted molar refractivity (Wildman–Crippen MR) is 66.0 cm³/mol. The summed E-state index contributed by atoms with van der Waals surface area (Å²) in [6.45, 7) is 10.7. The first-order valence-corrected chi connectivity index (χ1v) is 6.95. The summed E-state index contributed by atoms with van der Waals surface area (Å²) in [5.41, 5.74) is 1.52. The van der Waals surface area contributed by atoms with E-state index < -0.39 is 9.92 Å². The normalized spacial score (nSPS) is 15.3. The van der Waals surface area contributed by atoms with Crippen LogP contribution in [-0.2, 0) is 4.43 Å². The highest BCUT2D eigenvalue weighted by Crippen LogP contribution is 2.13. The summed E-state index contributed by atoms with van der Waals surface area (Å²) < 4.78 is 5.32. The van der Waals surface area contributed by atoms with Crippen LogP contribution in [0.2, 0.25) is 0 Å². The van der Waals surface area contributed by atoms with Crippen LogP contribution in [-0.4, -0.2) is 23.1 Å². The van der Waals surface area contributed by atoms with Crippen LogP contribution in [0.15, 0.2) is 11.6 Å². The average molecular weight is 215 g/mol. The Labute approximate surface area is 91.1 Å². The van der Waals surface area contributed by atoms with Crippen molar-refractivity contribution in [2.24, 2.45) is 5.92 Å². The summed E-state index contributed by atoms with van der Waals surface area (Å²) in [7, 11) is -0.437. The molecule has 0 aliphatic heterocycles. The molecule has 0 rings (SSSR count). The summed E-state index contributed by atoms with van der Waals surface area (Å²) in [5.74, 6) is 0.735. The molecule has 14 heavy (non-hydrogen) atoms. The third kappa shape index (κ3) is 7.30. The van der Waals surface area contributed by atoms with E-state index in [-0.39, 0.29) is 0 Å². The maximum atomic E-state index is 5.32. The number of hydrogen-bond acceptors (Lipinski definition) is 2. The summed E-state index contributed by atoms with van der Waals surface area (Å²) >= 11 is 0. The van der Waals surface area contributed by atoms with E-state index in [0.717, 1.165) is 25.5 Å². The van der Waals surface area contributed by atoms with Gasteiger partial charge in [0.1, 0.15) is 0 Å². The van der Waals surface area contributed by atoms with Gasteiger partial charge in [-0.2, -0.15) is 0 Å². The summed E-state index contributed by atoms with van der Waals surface area (Å²) in [6, 6.07) is 0. The maximum absolute atomic E-state index is 5.32. The zero-order chi connectivity index (χ0) is 10.8. The van der Waals surface area contributed by atoms with Gasteiger partial charge in [0, 0.05) is 6.61 Å². The molecule has 0 spiro atoms. The second kappa shape index (κ2) is 9.43. The van der Waals surface area contributed by atoms with Crippen molar-refractivity contribution in [3.8, 4) is 0 Å². The molecule has 1 unspecified atom stereocenters. The first kappa shape index (κ1) is 13.9. The van der Waals surface area contributed by atoms with Gasteiger partial charge in [0.25, 0.3) is 0 Å². The van der Waals surface area contributed by atoms with E-state index in [4.69, 9.17) is 4.43 Å². The van der Waals surface area contributed by atoms with Gasteiger partial charge in [-0.15, -0.1) is 0 Å². The molecule has 0 fully saturated rings. The van der Waals surface area contributed by atoms with Crippen LogP contribution >= 0.6 is 0 Å². The van der Waals surface area contributed by atoms with Crippen molar-refractivity contribution in [1.29, 1.82) is 0 Å². The quantitative estimate of drug-likeness (QED) is 0.380. The average Bonchev–Trinajstić information content (AvgIpc) is 2.21. The topological polar surface area (TPSA) is 21.3 Å². The molecule has 2 nitrogen and oxygen atoms in total. The molecule has 0 saturated heterocycles. The van der Waals surface area contributed by atoms with Crippen molar-refractivity contribution in [1.82, 2.24) is 4.98 Å². The van der Waals surface area contributed by atoms with Crippen molar-refractivity contribution in [2.45, 2.75) is 40.5 Å². The van der Waals surface area contributed by atoms with Gasteiger partial charge in [0.15, 0.2) is 0 Å². The van der Waals surface area contributed by atoms with Gasteiger partial charge in [-0.25, -0.2) is 0 Å². The lowest BCUT2D eigenvalue weighted by Crippen LogP contribution is -2.22. The van der Waals surface area contributed by atoms with Crippen molar-refractivity contribution in [3.63, 3.8) is 0 Å². The largest absolute Gasteiger partial charge is 0.409 e. The lowest BCUT2D eigenvalue weighted by Gasteiger charge is -2.09. The first-order chi connectivity index (χ1) is 6.72. The van der Waals surface area contributed by atoms with Crippen molar-refractivity contribution in [3.05, 3.63) is 11.6 Å². The second-order valence-electron chi connectivity index (χ2n) is 3.68. The molecule has 1 atom stereocenters. The number of allylic oxidation sites excluding steroid dienone is 1. The minimum atomic E-state index is -0.437. The fourth-order valence-corrected chi connectivity index (χ4v) is 1.87. The SMILES string of the molecule is CCO[SiH2]NCCC=C(C)C(C)CC. The molecule has 0 aromatic carbocycles. The van der Waals surface area contributed by atoms with Crippen molar-refractivity contribution >= 4 is 9.92 Å². The highest BCUT2D eigenvalue weighted by Gasteiger charge is 1.99. The number of rotatable bonds is 8. The van der Waals surface area contributed by atoms with E-state index in [1.54, 1.807) is 0 Å². The zero-order valence-corrected chi connectivity index (χ0v) is 11.5. The summed E-state index contributed by atoms with van der Waals surface area (Å²) in [5, 5.41) is 0. The molecular weight excluding hydrogens is 190 g/mol. The van der Waals surface area contributed by atoms with Crippen LogP contribution < -0.4 is 4.98 Å². The van der Waals surface area contributed by atoms with E-state index in [9.17, 15) is 0 Å². The molecule has 84 valence electrons. The van der Waals surface area contributed by atoms with Crippen LogP contribution in [0.5, 0.6) is 0 Å². The molecule has 0 aliphatic carbocycles. The lowest BCUT2D eigenvalue weighted by atomic mass is 9.99. The third-order valence-corrected chi connectivity index (χ3v) is 3.76. The molecule has 0 aromatic heterocycles. The molecule has 0 radical (unpaired) electrons. The van der Waals surface area contributed by atoms with E-state index in [1.165, 1.54) is 12.0 Å². The van der Waals surface area contributed by atoms with Gasteiger partial charge < -0.3 is 9.41 Å². The monoisotopic (exact) mass is 215 g/mol. The van der Waals surface area contributed by atoms with Crippen LogP contribution in [0.4, 0.5) is 0 Å². The Balaban J connectivity index is 3.41. The second-order valence-corrected chi connectivity index (χ2v) is 4.88. The Morgan fingerprint density at radius 3 is 2.79 bits per heavy atom. The lowest BCUT2D eigenvalue weighted by molar-refractivity contribution is 0.353. The minimum Gasteiger partial charge on any atom is -0.409 e. The summed E-state index contributed by atoms with van der Waals surface area (Å²) in [4.78, 5) is 3.37. The molecule has 0 aromatic rings. The van der Waals surface area contributed by atoms with Crippen molar-refractivity contribution < 1.29 is 4.43 Å². The number of nitrogens with one attached hydrogen (secondary N) is 1. The molecule has 3 heteroatoms. The predicted octanol–water partition coefficient (Wildman–Crippen LogP) is 1.99. The molecule has 0 amide bonds. The molecular formula is C11H25NOSi. The molecule has 1 N–H and O–H groups in total. The number of hydrogen-bond donors (Lipinski definition) is 1. The minimum absolute atomic E-state index is 0.437. The maximum Gasteiger partial charge on any atom is 0.235 e. The third-order valence-electron chi connectivity index (χ3n) is 2.59. The van der Waals surface area contributed by atoms with Crippen LogP contribution in [0.25, 0.3) is 0 Å². The van der Waals surface area contributed by atoms with Crippen molar-refractivity contribution in [2.75, 3.05) is 13.2 Å². The molecule has 0 saturated carbocycles. The summed E-state index contributed by atoms with van der Waals surface area (Å²) in [6.07, 6.45) is 4.72. The van der Waals surface area contributed by atoms with Crippen LogP contribution in [0.1, 0.15) is 40.5 Å².